The van der Waals surface area contributed by atoms with Crippen molar-refractivity contribution in [1.82, 2.24) is 41.3 Å². The SMILES string of the molecule is O=C(O)CC[C@H](NC(=O)N[C@@H](CCCCNC(=O)[C@H](CCC(=O)O)NC(=O)CCCCCNC(=S)Nc1ccc(CC2CN(CC(=O)O)CCN(CC(=O)O)CC[C@@H](CC(=O)O)CCN2CC(=O)O)cc1)C(=O)O)C(=O)O. The predicted molar refractivity (Wildman–Crippen MR) is 276 cm³/mol. The van der Waals surface area contributed by atoms with Crippen molar-refractivity contribution >= 4 is 88.6 Å². The van der Waals surface area contributed by atoms with Crippen molar-refractivity contribution in [3.05, 3.63) is 29.8 Å². The van der Waals surface area contributed by atoms with Gasteiger partial charge >= 0.3 is 53.8 Å². The number of unbranched alkanes of at least 4 members (excludes halogenated alkanes) is 3. The van der Waals surface area contributed by atoms with Gasteiger partial charge < -0.3 is 72.8 Å². The molecule has 28 nitrogen and oxygen atoms in total. The third-order valence-corrected chi connectivity index (χ3v) is 12.6. The number of rotatable bonds is 34. The molecule has 4 amide bonds. The first-order valence-electron chi connectivity index (χ1n) is 25.1. The first-order chi connectivity index (χ1) is 36.4. The van der Waals surface area contributed by atoms with E-state index in [2.05, 4.69) is 26.6 Å². The van der Waals surface area contributed by atoms with Gasteiger partial charge in [0.05, 0.1) is 19.6 Å². The maximum Gasteiger partial charge on any atom is 0.326 e. The van der Waals surface area contributed by atoms with Crippen LogP contribution in [-0.4, -0.2) is 216 Å². The Hall–Kier alpha value is -7.24. The van der Waals surface area contributed by atoms with E-state index >= 15 is 0 Å². The van der Waals surface area contributed by atoms with Crippen molar-refractivity contribution in [2.45, 2.75) is 120 Å². The summed E-state index contributed by atoms with van der Waals surface area (Å²) >= 11 is 5.46. The first-order valence-corrected chi connectivity index (χ1v) is 25.5. The van der Waals surface area contributed by atoms with Gasteiger partial charge in [0.25, 0.3) is 0 Å². The minimum absolute atomic E-state index is 0.00837. The number of nitrogens with zero attached hydrogens (tertiary/aromatic N) is 3. The van der Waals surface area contributed by atoms with E-state index in [4.69, 9.17) is 17.3 Å². The highest BCUT2D eigenvalue weighted by Crippen LogP contribution is 2.21. The zero-order valence-corrected chi connectivity index (χ0v) is 43.5. The standard InChI is InChI=1S/C48H73N9O19S/c58-37(52-34(12-14-38(59)60)44(71)49-18-5-3-6-35(45(72)73)53-47(76)54-36(46(74)75)13-15-39(61)62)7-2-1-4-19-50-48(77)51-32-10-8-30(9-11-32)24-33-26-56(28-42(67)68)23-22-55(27-41(65)66)20-16-31(25-40(63)64)17-21-57(33)29-43(69)70/h8-11,31,33-36H,1-7,12-29H2,(H,49,71)(H,52,58)(H,59,60)(H,61,62)(H,63,64)(H,65,66)(H,67,68)(H,69,70)(H,72,73)(H,74,75)(H2,50,51,77)(H2,53,54,76)/t31-,33?,34+,35+,36+/m1/s1. The molecule has 14 N–H and O–H groups in total. The number of carbonyl (C=O) groups excluding carboxylic acids is 3. The number of benzene rings is 1. The van der Waals surface area contributed by atoms with Gasteiger partial charge in [0.2, 0.25) is 11.8 Å². The number of aliphatic carboxylic acids is 8. The van der Waals surface area contributed by atoms with Crippen LogP contribution in [0.15, 0.2) is 24.3 Å². The van der Waals surface area contributed by atoms with Crippen molar-refractivity contribution in [2.75, 3.05) is 70.8 Å². The summed E-state index contributed by atoms with van der Waals surface area (Å²) < 4.78 is 0. The molecule has 1 fully saturated rings. The molecule has 1 saturated heterocycles. The molecule has 5 atom stereocenters. The lowest BCUT2D eigenvalue weighted by atomic mass is 9.95. The summed E-state index contributed by atoms with van der Waals surface area (Å²) in [5.74, 6) is -11.3. The number of urea groups is 1. The summed E-state index contributed by atoms with van der Waals surface area (Å²) in [6.07, 6.45) is 1.05. The van der Waals surface area contributed by atoms with Crippen LogP contribution >= 0.6 is 12.2 Å². The summed E-state index contributed by atoms with van der Waals surface area (Å²) in [4.78, 5) is 136. The number of carboxylic acid groups (broad SMARTS) is 8. The van der Waals surface area contributed by atoms with E-state index < -0.39 is 109 Å². The van der Waals surface area contributed by atoms with Gasteiger partial charge in [0, 0.05) is 70.1 Å². The molecule has 77 heavy (non-hydrogen) atoms. The number of carboxylic acids is 8. The highest BCUT2D eigenvalue weighted by Gasteiger charge is 2.29. The lowest BCUT2D eigenvalue weighted by Gasteiger charge is -2.37. The molecule has 1 aliphatic rings. The van der Waals surface area contributed by atoms with Crippen LogP contribution < -0.4 is 31.9 Å². The van der Waals surface area contributed by atoms with Crippen molar-refractivity contribution < 1.29 is 93.6 Å². The molecule has 0 saturated carbocycles. The quantitative estimate of drug-likeness (QED) is 0.0324. The monoisotopic (exact) mass is 1110 g/mol. The second-order valence-corrected chi connectivity index (χ2v) is 19.0. The number of carbonyl (C=O) groups is 11. The van der Waals surface area contributed by atoms with Crippen LogP contribution in [0.4, 0.5) is 10.5 Å². The van der Waals surface area contributed by atoms with Crippen molar-refractivity contribution in [2.24, 2.45) is 5.92 Å². The van der Waals surface area contributed by atoms with Crippen molar-refractivity contribution in [3.8, 4) is 0 Å². The molecule has 0 radical (unpaired) electrons. The Morgan fingerprint density at radius 3 is 1.68 bits per heavy atom. The largest absolute Gasteiger partial charge is 0.481 e. The van der Waals surface area contributed by atoms with Gasteiger partial charge in [-0.05, 0) is 113 Å². The van der Waals surface area contributed by atoms with Crippen LogP contribution in [0, 0.1) is 5.92 Å². The summed E-state index contributed by atoms with van der Waals surface area (Å²) in [6.45, 7) is 0.351. The van der Waals surface area contributed by atoms with Gasteiger partial charge in [-0.25, -0.2) is 14.4 Å². The van der Waals surface area contributed by atoms with E-state index in [-0.39, 0.29) is 103 Å². The molecule has 1 aromatic carbocycles. The molecule has 2 rings (SSSR count). The fourth-order valence-corrected chi connectivity index (χ4v) is 8.58. The summed E-state index contributed by atoms with van der Waals surface area (Å²) in [6, 6.07) is 1.31. The smallest absolute Gasteiger partial charge is 0.326 e. The Morgan fingerprint density at radius 2 is 1.09 bits per heavy atom. The molecular weight excluding hydrogens is 1040 g/mol. The summed E-state index contributed by atoms with van der Waals surface area (Å²) in [5.41, 5.74) is 1.42. The maximum absolute atomic E-state index is 13.0. The van der Waals surface area contributed by atoms with E-state index in [1.807, 2.05) is 17.4 Å². The van der Waals surface area contributed by atoms with Crippen LogP contribution in [-0.2, 0) is 54.4 Å². The van der Waals surface area contributed by atoms with Gasteiger partial charge in [0.15, 0.2) is 5.11 Å². The first kappa shape index (κ1) is 65.9. The number of hydrogen-bond donors (Lipinski definition) is 14. The number of hydrogen-bond acceptors (Lipinski definition) is 15. The Bertz CT molecular complexity index is 2170. The summed E-state index contributed by atoms with van der Waals surface area (Å²) in [7, 11) is 0. The van der Waals surface area contributed by atoms with Crippen LogP contribution in [0.3, 0.4) is 0 Å². The van der Waals surface area contributed by atoms with Gasteiger partial charge in [-0.2, -0.15) is 0 Å². The maximum atomic E-state index is 13.0. The van der Waals surface area contributed by atoms with Gasteiger partial charge in [-0.3, -0.25) is 53.1 Å². The highest BCUT2D eigenvalue weighted by molar-refractivity contribution is 7.80. The Kier molecular flexibility index (Phi) is 30.7. The Morgan fingerprint density at radius 1 is 0.545 bits per heavy atom. The molecule has 1 heterocycles. The molecule has 0 bridgehead atoms. The number of nitrogens with one attached hydrogen (secondary N) is 6. The van der Waals surface area contributed by atoms with E-state index in [9.17, 15) is 88.5 Å². The molecule has 29 heteroatoms. The lowest BCUT2D eigenvalue weighted by Crippen LogP contribution is -2.51. The van der Waals surface area contributed by atoms with E-state index in [1.165, 1.54) is 0 Å². The van der Waals surface area contributed by atoms with Crippen molar-refractivity contribution in [3.63, 3.8) is 0 Å². The number of thiocarbonyl (C=S) groups is 1. The Balaban J connectivity index is 1.90. The lowest BCUT2D eigenvalue weighted by molar-refractivity contribution is -0.141. The minimum Gasteiger partial charge on any atom is -0.481 e. The molecule has 0 aliphatic carbocycles. The third kappa shape index (κ3) is 30.2. The number of amides is 4. The molecule has 430 valence electrons. The fourth-order valence-electron chi connectivity index (χ4n) is 8.36. The molecule has 0 aromatic heterocycles. The average molecular weight is 1110 g/mol. The van der Waals surface area contributed by atoms with Gasteiger partial charge in [-0.15, -0.1) is 0 Å². The fraction of sp³-hybridized carbons (Fsp3) is 0.625. The average Bonchev–Trinajstić information content (AvgIpc) is 3.33. The second-order valence-electron chi connectivity index (χ2n) is 18.6. The highest BCUT2D eigenvalue weighted by atomic mass is 32.1. The zero-order valence-electron chi connectivity index (χ0n) is 42.7. The molecular formula is C48H73N9O19S. The number of anilines is 1. The minimum atomic E-state index is -1.57. The van der Waals surface area contributed by atoms with Crippen LogP contribution in [0.25, 0.3) is 0 Å². The normalized spacial score (nSPS) is 16.8. The van der Waals surface area contributed by atoms with Crippen molar-refractivity contribution in [1.29, 1.82) is 0 Å². The van der Waals surface area contributed by atoms with Gasteiger partial charge in [0.1, 0.15) is 18.1 Å². The molecule has 1 aliphatic heterocycles. The van der Waals surface area contributed by atoms with Crippen LogP contribution in [0.2, 0.25) is 0 Å². The second kappa shape index (κ2) is 35.9. The topological polar surface area (TPSA) is 432 Å². The van der Waals surface area contributed by atoms with E-state index in [0.717, 1.165) is 5.56 Å². The van der Waals surface area contributed by atoms with Crippen LogP contribution in [0.1, 0.15) is 95.5 Å². The van der Waals surface area contributed by atoms with Gasteiger partial charge in [-0.1, -0.05) is 18.6 Å². The molecule has 1 unspecified atom stereocenters. The Labute approximate surface area is 449 Å². The molecule has 1 aromatic rings. The van der Waals surface area contributed by atoms with E-state index in [1.54, 1.807) is 26.8 Å². The zero-order chi connectivity index (χ0) is 57.5. The van der Waals surface area contributed by atoms with Crippen LogP contribution in [0.5, 0.6) is 0 Å². The molecule has 0 spiro atoms. The third-order valence-electron chi connectivity index (χ3n) is 12.3. The van der Waals surface area contributed by atoms with E-state index in [0.29, 0.717) is 55.9 Å². The summed E-state index contributed by atoms with van der Waals surface area (Å²) in [5, 5.41) is 91.3. The predicted octanol–water partition coefficient (Wildman–Crippen LogP) is 0.195.